The third-order valence-electron chi connectivity index (χ3n) is 5.18. The van der Waals surface area contributed by atoms with Gasteiger partial charge in [0, 0.05) is 12.0 Å². The van der Waals surface area contributed by atoms with Gasteiger partial charge in [0.05, 0.1) is 26.2 Å². The van der Waals surface area contributed by atoms with Gasteiger partial charge in [-0.25, -0.2) is 0 Å². The Hall–Kier alpha value is -2.53. The van der Waals surface area contributed by atoms with Gasteiger partial charge in [0.1, 0.15) is 6.54 Å². The van der Waals surface area contributed by atoms with Crippen LogP contribution < -0.4 is 14.4 Å². The number of quaternary nitrogens is 1. The molecule has 2 aromatic rings. The van der Waals surface area contributed by atoms with Crippen molar-refractivity contribution in [1.29, 1.82) is 0 Å². The number of piperazine rings is 1. The fourth-order valence-electron chi connectivity index (χ4n) is 3.64. The van der Waals surface area contributed by atoms with E-state index in [0.29, 0.717) is 13.2 Å². The summed E-state index contributed by atoms with van der Waals surface area (Å²) in [7, 11) is 0. The van der Waals surface area contributed by atoms with E-state index in [2.05, 4.69) is 24.3 Å². The highest BCUT2D eigenvalue weighted by Crippen LogP contribution is 2.32. The van der Waals surface area contributed by atoms with E-state index in [0.717, 1.165) is 50.6 Å². The number of rotatable bonds is 5. The summed E-state index contributed by atoms with van der Waals surface area (Å²) in [5, 5.41) is 0. The molecule has 0 unspecified atom stereocenters. The predicted octanol–water partition coefficient (Wildman–Crippen LogP) is 1.28. The van der Waals surface area contributed by atoms with Crippen molar-refractivity contribution in [3.8, 4) is 11.5 Å². The lowest BCUT2D eigenvalue weighted by atomic mass is 10.1. The Morgan fingerprint density at radius 3 is 2.54 bits per heavy atom. The van der Waals surface area contributed by atoms with Crippen LogP contribution in [0.4, 0.5) is 0 Å². The molecule has 0 atom stereocenters. The number of nitrogens with one attached hydrogen (secondary N) is 1. The number of benzene rings is 2. The largest absolute Gasteiger partial charge is 0.454 e. The Balaban J connectivity index is 1.24. The third-order valence-corrected chi connectivity index (χ3v) is 5.18. The first-order chi connectivity index (χ1) is 12.8. The van der Waals surface area contributed by atoms with E-state index < -0.39 is 0 Å². The number of aryl methyl sites for hydroxylation is 1. The van der Waals surface area contributed by atoms with Crippen LogP contribution in [0.5, 0.6) is 11.5 Å². The van der Waals surface area contributed by atoms with Gasteiger partial charge in [-0.15, -0.1) is 0 Å². The highest BCUT2D eigenvalue weighted by atomic mass is 16.7. The molecule has 5 nitrogen and oxygen atoms in total. The number of amides is 1. The van der Waals surface area contributed by atoms with E-state index >= 15 is 0 Å². The molecule has 26 heavy (non-hydrogen) atoms. The zero-order valence-electron chi connectivity index (χ0n) is 14.9. The topological polar surface area (TPSA) is 43.2 Å². The van der Waals surface area contributed by atoms with Crippen molar-refractivity contribution in [2.45, 2.75) is 19.4 Å². The van der Waals surface area contributed by atoms with Crippen molar-refractivity contribution in [2.24, 2.45) is 0 Å². The van der Waals surface area contributed by atoms with Gasteiger partial charge in [0.2, 0.25) is 12.7 Å². The van der Waals surface area contributed by atoms with Gasteiger partial charge in [0.15, 0.2) is 11.5 Å². The van der Waals surface area contributed by atoms with Crippen LogP contribution >= 0.6 is 0 Å². The van der Waals surface area contributed by atoms with Crippen molar-refractivity contribution < 1.29 is 19.2 Å². The first kappa shape index (κ1) is 16.9. The lowest BCUT2D eigenvalue weighted by molar-refractivity contribution is -0.917. The summed E-state index contributed by atoms with van der Waals surface area (Å²) in [4.78, 5) is 16.0. The van der Waals surface area contributed by atoms with E-state index in [4.69, 9.17) is 9.47 Å². The SMILES string of the molecule is O=C(CCc1ccccc1)N1CC[NH+](Cc2ccc3c(c2)OCO3)CC1. The standard InChI is InChI=1S/C21H24N2O3/c24-21(9-7-17-4-2-1-3-5-17)23-12-10-22(11-13-23)15-18-6-8-19-20(14-18)26-16-25-19/h1-6,8,14H,7,9-13,15-16H2/p+1. The average molecular weight is 353 g/mol. The Morgan fingerprint density at radius 1 is 0.962 bits per heavy atom. The highest BCUT2D eigenvalue weighted by Gasteiger charge is 2.24. The monoisotopic (exact) mass is 353 g/mol. The molecular formula is C21H25N2O3+. The van der Waals surface area contributed by atoms with Gasteiger partial charge >= 0.3 is 0 Å². The smallest absolute Gasteiger partial charge is 0.231 e. The first-order valence-corrected chi connectivity index (χ1v) is 9.32. The predicted molar refractivity (Wildman–Crippen MR) is 98.3 cm³/mol. The van der Waals surface area contributed by atoms with E-state index in [1.54, 1.807) is 0 Å². The van der Waals surface area contributed by atoms with Crippen LogP contribution in [0.1, 0.15) is 17.5 Å². The molecule has 5 heteroatoms. The number of carbonyl (C=O) groups excluding carboxylic acids is 1. The molecule has 0 radical (unpaired) electrons. The molecule has 2 aliphatic heterocycles. The maximum atomic E-state index is 12.5. The average Bonchev–Trinajstić information content (AvgIpc) is 3.15. The second kappa shape index (κ2) is 7.79. The van der Waals surface area contributed by atoms with E-state index in [-0.39, 0.29) is 5.91 Å². The maximum Gasteiger partial charge on any atom is 0.231 e. The Kier molecular flexibility index (Phi) is 5.07. The van der Waals surface area contributed by atoms with Gasteiger partial charge < -0.3 is 19.3 Å². The third kappa shape index (κ3) is 3.99. The number of nitrogens with zero attached hydrogens (tertiary/aromatic N) is 1. The number of carbonyl (C=O) groups is 1. The summed E-state index contributed by atoms with van der Waals surface area (Å²) in [5.74, 6) is 1.95. The molecule has 1 saturated heterocycles. The van der Waals surface area contributed by atoms with Crippen LogP contribution in [0.25, 0.3) is 0 Å². The quantitative estimate of drug-likeness (QED) is 0.881. The molecule has 0 bridgehead atoms. The molecule has 136 valence electrons. The molecule has 0 saturated carbocycles. The highest BCUT2D eigenvalue weighted by molar-refractivity contribution is 5.76. The minimum atomic E-state index is 0.274. The number of hydrogen-bond acceptors (Lipinski definition) is 3. The van der Waals surface area contributed by atoms with Crippen LogP contribution in [0.15, 0.2) is 48.5 Å². The summed E-state index contributed by atoms with van der Waals surface area (Å²) in [6.45, 7) is 4.94. The minimum Gasteiger partial charge on any atom is -0.454 e. The Morgan fingerprint density at radius 2 is 1.73 bits per heavy atom. The summed E-state index contributed by atoms with van der Waals surface area (Å²) in [6, 6.07) is 16.4. The molecule has 0 aromatic heterocycles. The maximum absolute atomic E-state index is 12.5. The van der Waals surface area contributed by atoms with Crippen molar-refractivity contribution in [3.63, 3.8) is 0 Å². The number of ether oxygens (including phenoxy) is 2. The fraction of sp³-hybridized carbons (Fsp3) is 0.381. The fourth-order valence-corrected chi connectivity index (χ4v) is 3.64. The summed E-state index contributed by atoms with van der Waals surface area (Å²) in [5.41, 5.74) is 2.49. The van der Waals surface area contributed by atoms with Gasteiger partial charge in [-0.1, -0.05) is 30.3 Å². The molecule has 0 spiro atoms. The van der Waals surface area contributed by atoms with Crippen LogP contribution in [0.2, 0.25) is 0 Å². The summed E-state index contributed by atoms with van der Waals surface area (Å²) >= 11 is 0. The van der Waals surface area contributed by atoms with Crippen molar-refractivity contribution in [1.82, 2.24) is 4.90 Å². The van der Waals surface area contributed by atoms with Crippen LogP contribution in [0, 0.1) is 0 Å². The molecule has 0 aliphatic carbocycles. The van der Waals surface area contributed by atoms with Crippen LogP contribution in [0.3, 0.4) is 0 Å². The molecule has 4 rings (SSSR count). The molecular weight excluding hydrogens is 328 g/mol. The molecule has 1 amide bonds. The molecule has 2 heterocycles. The van der Waals surface area contributed by atoms with E-state index in [1.165, 1.54) is 16.0 Å². The minimum absolute atomic E-state index is 0.274. The zero-order valence-corrected chi connectivity index (χ0v) is 14.9. The summed E-state index contributed by atoms with van der Waals surface area (Å²) < 4.78 is 10.8. The molecule has 1 fully saturated rings. The van der Waals surface area contributed by atoms with Gasteiger partial charge in [0.25, 0.3) is 0 Å². The molecule has 2 aromatic carbocycles. The second-order valence-electron chi connectivity index (χ2n) is 6.98. The molecule has 2 aliphatic rings. The van der Waals surface area contributed by atoms with Crippen molar-refractivity contribution in [2.75, 3.05) is 33.0 Å². The Labute approximate surface area is 154 Å². The van der Waals surface area contributed by atoms with Gasteiger partial charge in [-0.3, -0.25) is 4.79 Å². The number of hydrogen-bond donors (Lipinski definition) is 1. The van der Waals surface area contributed by atoms with Gasteiger partial charge in [-0.05, 0) is 30.2 Å². The lowest BCUT2D eigenvalue weighted by Crippen LogP contribution is -3.13. The van der Waals surface area contributed by atoms with Crippen molar-refractivity contribution in [3.05, 3.63) is 59.7 Å². The molecule has 1 N–H and O–H groups in total. The zero-order chi connectivity index (χ0) is 17.8. The first-order valence-electron chi connectivity index (χ1n) is 9.32. The van der Waals surface area contributed by atoms with E-state index in [1.807, 2.05) is 29.2 Å². The van der Waals surface area contributed by atoms with Crippen LogP contribution in [-0.2, 0) is 17.8 Å². The lowest BCUT2D eigenvalue weighted by Gasteiger charge is -2.32. The normalized spacial score (nSPS) is 16.7. The second-order valence-corrected chi connectivity index (χ2v) is 6.98. The summed E-state index contributed by atoms with van der Waals surface area (Å²) in [6.07, 6.45) is 1.42. The number of fused-ring (bicyclic) bond motifs is 1. The van der Waals surface area contributed by atoms with Gasteiger partial charge in [-0.2, -0.15) is 0 Å². The van der Waals surface area contributed by atoms with Crippen molar-refractivity contribution >= 4 is 5.91 Å². The van der Waals surface area contributed by atoms with E-state index in [9.17, 15) is 4.79 Å². The Bertz CT molecular complexity index is 755. The van der Waals surface area contributed by atoms with Crippen LogP contribution in [-0.4, -0.2) is 43.8 Å².